The molecule has 0 aromatic rings. The van der Waals surface area contributed by atoms with Gasteiger partial charge in [0.2, 0.25) is 0 Å². The van der Waals surface area contributed by atoms with Crippen molar-refractivity contribution in [3.05, 3.63) is 10.1 Å². The van der Waals surface area contributed by atoms with E-state index in [1.807, 2.05) is 0 Å². The highest BCUT2D eigenvalue weighted by atomic mass is 16.6. The highest BCUT2D eigenvalue weighted by molar-refractivity contribution is 5.68. The third kappa shape index (κ3) is 231. The molecular formula is C3H8N2O4. The zero-order chi connectivity index (χ0) is 7.86. The van der Waals surface area contributed by atoms with E-state index in [1.54, 1.807) is 0 Å². The second-order valence-electron chi connectivity index (χ2n) is 1.04. The second-order valence-corrected chi connectivity index (χ2v) is 1.04. The van der Waals surface area contributed by atoms with Crippen LogP contribution in [0.15, 0.2) is 0 Å². The van der Waals surface area contributed by atoms with Crippen LogP contribution in [0.2, 0.25) is 0 Å². The van der Waals surface area contributed by atoms with E-state index in [9.17, 15) is 4.79 Å². The Morgan fingerprint density at radius 2 is 2.00 bits per heavy atom. The summed E-state index contributed by atoms with van der Waals surface area (Å²) < 4.78 is 0. The monoisotopic (exact) mass is 136 g/mol. The number of carbonyl (C=O) groups is 1. The molecule has 9 heavy (non-hydrogen) atoms. The summed E-state index contributed by atoms with van der Waals surface area (Å²) in [5.41, 5.74) is 4.57. The van der Waals surface area contributed by atoms with Crippen molar-refractivity contribution in [3.8, 4) is 0 Å². The van der Waals surface area contributed by atoms with Crippen LogP contribution in [0.25, 0.3) is 0 Å². The lowest BCUT2D eigenvalue weighted by atomic mass is 10.7. The summed E-state index contributed by atoms with van der Waals surface area (Å²) in [5.74, 6) is -0.968. The lowest BCUT2D eigenvalue weighted by molar-refractivity contribution is -0.445. The Bertz CT molecular complexity index is 98.0. The highest BCUT2D eigenvalue weighted by Gasteiger charge is 1.81. The molecule has 0 atom stereocenters. The average molecular weight is 136 g/mol. The van der Waals surface area contributed by atoms with Crippen LogP contribution in [-0.2, 0) is 4.79 Å². The summed E-state index contributed by atoms with van der Waals surface area (Å²) in [4.78, 5) is 17.5. The van der Waals surface area contributed by atoms with E-state index in [-0.39, 0.29) is 6.54 Å². The minimum absolute atomic E-state index is 0.278. The van der Waals surface area contributed by atoms with Gasteiger partial charge in [0.15, 0.2) is 7.05 Å². The van der Waals surface area contributed by atoms with Gasteiger partial charge >= 0.3 is 5.97 Å². The molecule has 0 unspecified atom stereocenters. The molecule has 0 spiro atoms. The van der Waals surface area contributed by atoms with E-state index in [0.29, 0.717) is 0 Å². The fourth-order valence-corrected chi connectivity index (χ4v) is 0. The first-order chi connectivity index (χ1) is 4.00. The van der Waals surface area contributed by atoms with Crippen LogP contribution in [-0.4, -0.2) is 29.6 Å². The number of nitrogens with zero attached hydrogens (tertiary/aromatic N) is 1. The van der Waals surface area contributed by atoms with E-state index < -0.39 is 10.9 Å². The van der Waals surface area contributed by atoms with E-state index >= 15 is 0 Å². The highest BCUT2D eigenvalue weighted by Crippen LogP contribution is 1.43. The zero-order valence-electron chi connectivity index (χ0n) is 4.90. The largest absolute Gasteiger partial charge is 0.480 e. The summed E-state index contributed by atoms with van der Waals surface area (Å²) in [7, 11) is 0.889. The topological polar surface area (TPSA) is 106 Å². The molecule has 0 aromatic heterocycles. The van der Waals surface area contributed by atoms with Gasteiger partial charge < -0.3 is 10.8 Å². The van der Waals surface area contributed by atoms with Gasteiger partial charge in [0, 0.05) is 4.92 Å². The van der Waals surface area contributed by atoms with Crippen molar-refractivity contribution in [3.63, 3.8) is 0 Å². The fourth-order valence-electron chi connectivity index (χ4n) is 0. The summed E-state index contributed by atoms with van der Waals surface area (Å²) in [6.45, 7) is -0.278. The van der Waals surface area contributed by atoms with E-state index in [0.717, 1.165) is 7.05 Å². The number of aliphatic carboxylic acids is 1. The van der Waals surface area contributed by atoms with Crippen LogP contribution in [0.1, 0.15) is 0 Å². The van der Waals surface area contributed by atoms with Crippen LogP contribution < -0.4 is 5.73 Å². The minimum Gasteiger partial charge on any atom is -0.480 e. The maximum absolute atomic E-state index is 9.24. The van der Waals surface area contributed by atoms with Crippen LogP contribution >= 0.6 is 0 Å². The zero-order valence-corrected chi connectivity index (χ0v) is 4.90. The first-order valence-corrected chi connectivity index (χ1v) is 2.00. The second kappa shape index (κ2) is 6.83. The van der Waals surface area contributed by atoms with Crippen molar-refractivity contribution >= 4 is 5.97 Å². The van der Waals surface area contributed by atoms with Gasteiger partial charge in [-0.15, -0.1) is 0 Å². The van der Waals surface area contributed by atoms with Crippen molar-refractivity contribution in [1.82, 2.24) is 0 Å². The Hall–Kier alpha value is -1.17. The molecule has 0 aliphatic rings. The lowest BCUT2D eigenvalue weighted by Crippen LogP contribution is -2.10. The third-order valence-electron chi connectivity index (χ3n) is 0.175. The predicted octanol–water partition coefficient (Wildman–Crippen LogP) is -1.08. The smallest absolute Gasteiger partial charge is 0.317 e. The van der Waals surface area contributed by atoms with Gasteiger partial charge in [-0.1, -0.05) is 0 Å². The molecule has 3 N–H and O–H groups in total. The number of hydrogen-bond acceptors (Lipinski definition) is 4. The van der Waals surface area contributed by atoms with Gasteiger partial charge in [0.05, 0.1) is 6.54 Å². The van der Waals surface area contributed by atoms with Crippen molar-refractivity contribution < 1.29 is 14.8 Å². The van der Waals surface area contributed by atoms with Gasteiger partial charge in [-0.25, -0.2) is 0 Å². The molecule has 0 fully saturated rings. The normalized spacial score (nSPS) is 6.89. The van der Waals surface area contributed by atoms with Crippen molar-refractivity contribution in [2.45, 2.75) is 0 Å². The quantitative estimate of drug-likeness (QED) is 0.352. The van der Waals surface area contributed by atoms with Crippen LogP contribution in [0, 0.1) is 10.1 Å². The molecule has 0 radical (unpaired) electrons. The number of carboxylic acid groups (broad SMARTS) is 1. The van der Waals surface area contributed by atoms with Gasteiger partial charge in [-0.05, 0) is 0 Å². The maximum atomic E-state index is 9.24. The summed E-state index contributed by atoms with van der Waals surface area (Å²) in [5, 5.41) is 16.4. The number of nitrogens with two attached hydrogens (primary N) is 1. The Morgan fingerprint density at radius 1 is 1.89 bits per heavy atom. The van der Waals surface area contributed by atoms with Crippen molar-refractivity contribution in [2.24, 2.45) is 5.73 Å². The number of rotatable bonds is 1. The van der Waals surface area contributed by atoms with Crippen LogP contribution in [0.3, 0.4) is 0 Å². The molecule has 0 bridgehead atoms. The maximum Gasteiger partial charge on any atom is 0.317 e. The van der Waals surface area contributed by atoms with Gasteiger partial charge in [0.25, 0.3) is 0 Å². The molecular weight excluding hydrogens is 128 g/mol. The summed E-state index contributed by atoms with van der Waals surface area (Å²) in [6.07, 6.45) is 0. The number of nitro groups is 1. The van der Waals surface area contributed by atoms with Gasteiger partial charge in [-0.2, -0.15) is 0 Å². The average Bonchev–Trinajstić information content (AvgIpc) is 1.65. The molecule has 0 saturated carbocycles. The molecule has 6 nitrogen and oxygen atoms in total. The SMILES string of the molecule is C[N+](=O)[O-].NCC(=O)O. The molecule has 0 aliphatic heterocycles. The lowest BCUT2D eigenvalue weighted by Gasteiger charge is -1.73. The molecule has 0 rings (SSSR count). The summed E-state index contributed by atoms with van der Waals surface area (Å²) in [6, 6.07) is 0. The van der Waals surface area contributed by atoms with E-state index in [4.69, 9.17) is 15.2 Å². The standard InChI is InChI=1S/C2H5NO2.CH3NO2/c3-1-2(4)5;1-2(3)4/h1,3H2,(H,4,5);1H3. The number of hydrogen-bond donors (Lipinski definition) is 2. The molecule has 54 valence electrons. The van der Waals surface area contributed by atoms with Crippen LogP contribution in [0.4, 0.5) is 0 Å². The predicted molar refractivity (Wildman–Crippen MR) is 29.6 cm³/mol. The van der Waals surface area contributed by atoms with Crippen molar-refractivity contribution in [1.29, 1.82) is 0 Å². The molecule has 0 heterocycles. The first kappa shape index (κ1) is 10.7. The molecule has 0 saturated heterocycles. The Kier molecular flexibility index (Phi) is 8.16. The Morgan fingerprint density at radius 3 is 2.00 bits per heavy atom. The van der Waals surface area contributed by atoms with Gasteiger partial charge in [-0.3, -0.25) is 14.9 Å². The van der Waals surface area contributed by atoms with E-state index in [1.165, 1.54) is 0 Å². The Labute approximate surface area is 51.4 Å². The van der Waals surface area contributed by atoms with Gasteiger partial charge in [0.1, 0.15) is 0 Å². The van der Waals surface area contributed by atoms with E-state index in [2.05, 4.69) is 5.73 Å². The minimum atomic E-state index is -0.968. The van der Waals surface area contributed by atoms with Crippen LogP contribution in [0.5, 0.6) is 0 Å². The van der Waals surface area contributed by atoms with Crippen molar-refractivity contribution in [2.75, 3.05) is 13.6 Å². The summed E-state index contributed by atoms with van der Waals surface area (Å²) >= 11 is 0. The molecule has 0 aromatic carbocycles. The fraction of sp³-hybridized carbons (Fsp3) is 0.667. The Balaban J connectivity index is 0. The molecule has 0 aliphatic carbocycles. The molecule has 0 amide bonds. The first-order valence-electron chi connectivity index (χ1n) is 2.00. The molecule has 6 heteroatoms. The third-order valence-corrected chi connectivity index (χ3v) is 0.175. The number of carboxylic acids is 1.